The highest BCUT2D eigenvalue weighted by atomic mass is 35.5. The first-order valence-corrected chi connectivity index (χ1v) is 13.1. The molecule has 4 aromatic rings. The Balaban J connectivity index is 1.29. The van der Waals surface area contributed by atoms with E-state index in [2.05, 4.69) is 19.9 Å². The summed E-state index contributed by atoms with van der Waals surface area (Å²) >= 11 is 6.41. The summed E-state index contributed by atoms with van der Waals surface area (Å²) in [6.07, 6.45) is 4.28. The van der Waals surface area contributed by atoms with Gasteiger partial charge in [0.25, 0.3) is 5.56 Å². The van der Waals surface area contributed by atoms with Crippen LogP contribution in [0, 0.1) is 37.3 Å². The van der Waals surface area contributed by atoms with Crippen molar-refractivity contribution in [2.24, 2.45) is 11.8 Å². The summed E-state index contributed by atoms with van der Waals surface area (Å²) in [5, 5.41) is -0.182. The topological polar surface area (TPSA) is 95.3 Å². The number of fused-ring (bicyclic) bond motifs is 1. The molecule has 206 valence electrons. The highest BCUT2D eigenvalue weighted by molar-refractivity contribution is 6.31. The molecule has 6 heterocycles. The van der Waals surface area contributed by atoms with Crippen LogP contribution in [0.3, 0.4) is 0 Å². The molecule has 2 aliphatic heterocycles. The third-order valence-electron chi connectivity index (χ3n) is 7.29. The predicted octanol–water partition coefficient (Wildman–Crippen LogP) is 4.29. The first-order chi connectivity index (χ1) is 19.3. The molecule has 0 N–H and O–H groups in total. The molecule has 40 heavy (non-hydrogen) atoms. The molecule has 0 bridgehead atoms. The molecule has 0 radical (unpaired) electrons. The summed E-state index contributed by atoms with van der Waals surface area (Å²) in [7, 11) is 0. The van der Waals surface area contributed by atoms with Crippen LogP contribution in [0.1, 0.15) is 17.0 Å². The van der Waals surface area contributed by atoms with Gasteiger partial charge in [-0.15, -0.1) is 0 Å². The highest BCUT2D eigenvalue weighted by Gasteiger charge is 2.38. The van der Waals surface area contributed by atoms with Gasteiger partial charge in [0.15, 0.2) is 5.82 Å². The molecule has 0 amide bonds. The Kier molecular flexibility index (Phi) is 6.93. The maximum atomic E-state index is 14.0. The zero-order valence-electron chi connectivity index (χ0n) is 21.8. The van der Waals surface area contributed by atoms with Crippen LogP contribution in [0.4, 0.5) is 14.7 Å². The largest absolute Gasteiger partial charge is 0.485 e. The molecular formula is C28H25ClF2N6O3. The van der Waals surface area contributed by atoms with Crippen LogP contribution in [0.15, 0.2) is 47.7 Å². The van der Waals surface area contributed by atoms with E-state index in [9.17, 15) is 13.6 Å². The number of pyridine rings is 3. The van der Waals surface area contributed by atoms with Gasteiger partial charge in [-0.05, 0) is 31.5 Å². The summed E-state index contributed by atoms with van der Waals surface area (Å²) in [4.78, 5) is 33.1. The Labute approximate surface area is 233 Å². The second kappa shape index (κ2) is 10.5. The molecule has 2 aliphatic rings. The number of halogens is 3. The lowest BCUT2D eigenvalue weighted by atomic mass is 10.0. The standard InChI is InChI=1S/C28H25ClF2N6O3/c1-15-8-33-22(21-3-4-32-28(35-21)36-10-17-12-39-13-18(17)11-36)7-24(15)37-16(2)5-25(26(29)27(37)38)40-14-23-20(31)6-19(30)9-34-23/h3-9,17-18H,10-14H2,1-2H3. The van der Waals surface area contributed by atoms with Crippen LogP contribution in [0.25, 0.3) is 17.1 Å². The van der Waals surface area contributed by atoms with E-state index >= 15 is 0 Å². The van der Waals surface area contributed by atoms with Crippen molar-refractivity contribution in [2.75, 3.05) is 31.2 Å². The molecule has 0 saturated carbocycles. The summed E-state index contributed by atoms with van der Waals surface area (Å²) in [5.74, 6) is 0.0507. The summed E-state index contributed by atoms with van der Waals surface area (Å²) in [6, 6.07) is 5.87. The Morgan fingerprint density at radius 2 is 1.82 bits per heavy atom. The average Bonchev–Trinajstić information content (AvgIpc) is 3.55. The van der Waals surface area contributed by atoms with Gasteiger partial charge in [-0.3, -0.25) is 19.3 Å². The fraction of sp³-hybridized carbons (Fsp3) is 0.321. The van der Waals surface area contributed by atoms with Crippen molar-refractivity contribution < 1.29 is 18.3 Å². The van der Waals surface area contributed by atoms with Gasteiger partial charge in [-0.2, -0.15) is 0 Å². The van der Waals surface area contributed by atoms with E-state index in [1.807, 2.05) is 6.92 Å². The zero-order valence-corrected chi connectivity index (χ0v) is 22.5. The van der Waals surface area contributed by atoms with Crippen molar-refractivity contribution in [3.05, 3.63) is 86.8 Å². The van der Waals surface area contributed by atoms with Crippen molar-refractivity contribution >= 4 is 17.5 Å². The molecule has 2 atom stereocenters. The molecule has 0 aliphatic carbocycles. The molecule has 9 nitrogen and oxygen atoms in total. The van der Waals surface area contributed by atoms with Gasteiger partial charge in [-0.1, -0.05) is 11.6 Å². The fourth-order valence-corrected chi connectivity index (χ4v) is 5.36. The SMILES string of the molecule is Cc1cnc(-c2ccnc(N3CC4COCC4C3)n2)cc1-n1c(C)cc(OCc2ncc(F)cc2F)c(Cl)c1=O. The van der Waals surface area contributed by atoms with Crippen molar-refractivity contribution in [2.45, 2.75) is 20.5 Å². The van der Waals surface area contributed by atoms with Crippen LogP contribution in [0.5, 0.6) is 5.75 Å². The Morgan fingerprint density at radius 3 is 2.58 bits per heavy atom. The monoisotopic (exact) mass is 566 g/mol. The van der Waals surface area contributed by atoms with E-state index in [-0.39, 0.29) is 23.1 Å². The van der Waals surface area contributed by atoms with E-state index in [1.54, 1.807) is 37.5 Å². The Bertz CT molecular complexity index is 1650. The van der Waals surface area contributed by atoms with E-state index in [1.165, 1.54) is 4.57 Å². The van der Waals surface area contributed by atoms with E-state index in [0.29, 0.717) is 46.6 Å². The molecule has 2 fully saturated rings. The minimum absolute atomic E-state index is 0.0686. The lowest BCUT2D eigenvalue weighted by Crippen LogP contribution is -2.24. The van der Waals surface area contributed by atoms with Crippen LogP contribution in [0.2, 0.25) is 5.02 Å². The van der Waals surface area contributed by atoms with E-state index < -0.39 is 17.2 Å². The molecular weight excluding hydrogens is 542 g/mol. The minimum atomic E-state index is -0.851. The smallest absolute Gasteiger partial charge is 0.277 e. The van der Waals surface area contributed by atoms with Crippen LogP contribution in [-0.4, -0.2) is 50.8 Å². The number of aromatic nitrogens is 5. The zero-order chi connectivity index (χ0) is 28.0. The molecule has 2 saturated heterocycles. The average molecular weight is 567 g/mol. The molecule has 12 heteroatoms. The molecule has 0 aromatic carbocycles. The highest BCUT2D eigenvalue weighted by Crippen LogP contribution is 2.32. The van der Waals surface area contributed by atoms with Crippen molar-refractivity contribution in [3.8, 4) is 22.8 Å². The summed E-state index contributed by atoms with van der Waals surface area (Å²) < 4.78 is 39.8. The third kappa shape index (κ3) is 4.90. The predicted molar refractivity (Wildman–Crippen MR) is 144 cm³/mol. The number of rotatable bonds is 6. The quantitative estimate of drug-likeness (QED) is 0.341. The number of aryl methyl sites for hydroxylation is 2. The molecule has 2 unspecified atom stereocenters. The van der Waals surface area contributed by atoms with Crippen LogP contribution in [-0.2, 0) is 11.3 Å². The first kappa shape index (κ1) is 26.3. The number of nitrogens with zero attached hydrogens (tertiary/aromatic N) is 6. The number of hydrogen-bond acceptors (Lipinski definition) is 8. The number of hydrogen-bond donors (Lipinski definition) is 0. The van der Waals surface area contributed by atoms with Crippen molar-refractivity contribution in [3.63, 3.8) is 0 Å². The lowest BCUT2D eigenvalue weighted by molar-refractivity contribution is 0.177. The fourth-order valence-electron chi connectivity index (χ4n) is 5.17. The Morgan fingerprint density at radius 1 is 1.05 bits per heavy atom. The molecule has 4 aromatic heterocycles. The van der Waals surface area contributed by atoms with Crippen molar-refractivity contribution in [1.29, 1.82) is 0 Å². The second-order valence-electron chi connectivity index (χ2n) is 10.0. The first-order valence-electron chi connectivity index (χ1n) is 12.8. The van der Waals surface area contributed by atoms with Gasteiger partial charge >= 0.3 is 0 Å². The van der Waals surface area contributed by atoms with Gasteiger partial charge in [0.05, 0.1) is 36.5 Å². The van der Waals surface area contributed by atoms with Gasteiger partial charge < -0.3 is 14.4 Å². The number of anilines is 1. The van der Waals surface area contributed by atoms with Gasteiger partial charge in [0.2, 0.25) is 5.95 Å². The summed E-state index contributed by atoms with van der Waals surface area (Å²) in [6.45, 7) is 6.49. The van der Waals surface area contributed by atoms with Crippen molar-refractivity contribution in [1.82, 2.24) is 24.5 Å². The van der Waals surface area contributed by atoms with E-state index in [4.69, 9.17) is 26.1 Å². The second-order valence-corrected chi connectivity index (χ2v) is 10.4. The maximum Gasteiger partial charge on any atom is 0.277 e. The normalized spacial score (nSPS) is 18.3. The summed E-state index contributed by atoms with van der Waals surface area (Å²) in [5.41, 5.74) is 2.45. The lowest BCUT2D eigenvalue weighted by Gasteiger charge is -2.18. The maximum absolute atomic E-state index is 14.0. The van der Waals surface area contributed by atoms with Gasteiger partial charge in [0.1, 0.15) is 28.9 Å². The van der Waals surface area contributed by atoms with E-state index in [0.717, 1.165) is 38.1 Å². The number of ether oxygens (including phenoxy) is 2. The minimum Gasteiger partial charge on any atom is -0.485 e. The van der Waals surface area contributed by atoms with Crippen LogP contribution < -0.4 is 15.2 Å². The Hall–Kier alpha value is -3.96. The molecule has 0 spiro atoms. The molecule has 6 rings (SSSR count). The van der Waals surface area contributed by atoms with Crippen LogP contribution >= 0.6 is 11.6 Å². The third-order valence-corrected chi connectivity index (χ3v) is 7.64. The van der Waals surface area contributed by atoms with Gasteiger partial charge in [-0.25, -0.2) is 18.7 Å². The van der Waals surface area contributed by atoms with Gasteiger partial charge in [0, 0.05) is 55.1 Å².